The molecule has 1 fully saturated rings. The van der Waals surface area contributed by atoms with Gasteiger partial charge in [0, 0.05) is 6.07 Å². The van der Waals surface area contributed by atoms with Crippen LogP contribution in [0.1, 0.15) is 35.7 Å². The Labute approximate surface area is 162 Å². The van der Waals surface area contributed by atoms with Crippen LogP contribution in [0.25, 0.3) is 6.08 Å². The third-order valence-electron chi connectivity index (χ3n) is 4.56. The van der Waals surface area contributed by atoms with Crippen molar-refractivity contribution >= 4 is 17.8 Å². The summed E-state index contributed by atoms with van der Waals surface area (Å²) in [6.45, 7) is 2.43. The highest BCUT2D eigenvalue weighted by atomic mass is 16.6. The van der Waals surface area contributed by atoms with Gasteiger partial charge in [-0.05, 0) is 55.7 Å². The molecule has 1 saturated carbocycles. The second-order valence-electron chi connectivity index (χ2n) is 6.64. The molecule has 4 rings (SSSR count). The lowest BCUT2D eigenvalue weighted by Crippen LogP contribution is -2.10. The number of Topliss-reactive ketones (excluding diaryl/α,β-unsaturated/α-hetero) is 1. The van der Waals surface area contributed by atoms with Gasteiger partial charge in [0.2, 0.25) is 5.78 Å². The van der Waals surface area contributed by atoms with Gasteiger partial charge in [-0.15, -0.1) is 0 Å². The lowest BCUT2D eigenvalue weighted by molar-refractivity contribution is -0.135. The van der Waals surface area contributed by atoms with Crippen LogP contribution >= 0.6 is 0 Å². The van der Waals surface area contributed by atoms with Crippen molar-refractivity contribution in [3.63, 3.8) is 0 Å². The van der Waals surface area contributed by atoms with Crippen molar-refractivity contribution in [2.24, 2.45) is 5.92 Å². The third kappa shape index (κ3) is 3.58. The fourth-order valence-electron chi connectivity index (χ4n) is 2.94. The van der Waals surface area contributed by atoms with Crippen molar-refractivity contribution in [1.82, 2.24) is 0 Å². The minimum absolute atomic E-state index is 0.00362. The van der Waals surface area contributed by atoms with Crippen molar-refractivity contribution in [2.45, 2.75) is 19.8 Å². The second-order valence-corrected chi connectivity index (χ2v) is 6.64. The molecule has 0 aromatic heterocycles. The molecular weight excluding hydrogens is 360 g/mol. The number of ether oxygens (including phenoxy) is 4. The minimum Gasteiger partial charge on any atom is -0.494 e. The van der Waals surface area contributed by atoms with E-state index in [1.165, 1.54) is 7.11 Å². The molecule has 1 aliphatic heterocycles. The molecule has 0 spiro atoms. The molecule has 6 heteroatoms. The Kier molecular flexibility index (Phi) is 4.77. The van der Waals surface area contributed by atoms with Crippen molar-refractivity contribution in [3.05, 3.63) is 53.3 Å². The Morgan fingerprint density at radius 2 is 2.00 bits per heavy atom. The zero-order valence-corrected chi connectivity index (χ0v) is 15.7. The van der Waals surface area contributed by atoms with Gasteiger partial charge in [0.15, 0.2) is 17.3 Å². The van der Waals surface area contributed by atoms with Crippen LogP contribution in [0.5, 0.6) is 23.0 Å². The van der Waals surface area contributed by atoms with Crippen LogP contribution in [-0.4, -0.2) is 25.5 Å². The molecule has 0 amide bonds. The highest BCUT2D eigenvalue weighted by Crippen LogP contribution is 2.37. The van der Waals surface area contributed by atoms with Crippen LogP contribution < -0.4 is 18.9 Å². The molecule has 2 aliphatic rings. The van der Waals surface area contributed by atoms with Gasteiger partial charge < -0.3 is 18.9 Å². The number of esters is 1. The number of hydrogen-bond donors (Lipinski definition) is 0. The number of fused-ring (bicyclic) bond motifs is 1. The van der Waals surface area contributed by atoms with Crippen LogP contribution in [0.15, 0.2) is 42.2 Å². The van der Waals surface area contributed by atoms with Crippen molar-refractivity contribution < 1.29 is 28.5 Å². The molecule has 6 nitrogen and oxygen atoms in total. The summed E-state index contributed by atoms with van der Waals surface area (Å²) < 4.78 is 21.9. The topological polar surface area (TPSA) is 71.1 Å². The summed E-state index contributed by atoms with van der Waals surface area (Å²) in [5.74, 6) is 1.70. The maximum absolute atomic E-state index is 12.6. The van der Waals surface area contributed by atoms with E-state index in [0.717, 1.165) is 12.8 Å². The first kappa shape index (κ1) is 18.1. The van der Waals surface area contributed by atoms with E-state index in [-0.39, 0.29) is 23.4 Å². The molecule has 0 bridgehead atoms. The minimum atomic E-state index is -0.237. The van der Waals surface area contributed by atoms with Gasteiger partial charge >= 0.3 is 5.97 Å². The molecule has 1 heterocycles. The fraction of sp³-hybridized carbons (Fsp3) is 0.273. The molecule has 0 saturated heterocycles. The molecule has 28 heavy (non-hydrogen) atoms. The summed E-state index contributed by atoms with van der Waals surface area (Å²) in [6.07, 6.45) is 3.38. The van der Waals surface area contributed by atoms with Gasteiger partial charge in [0.25, 0.3) is 0 Å². The molecule has 0 unspecified atom stereocenters. The molecule has 0 atom stereocenters. The quantitative estimate of drug-likeness (QED) is 0.428. The molecule has 144 valence electrons. The Hall–Kier alpha value is -3.28. The number of carbonyl (C=O) groups excluding carboxylic acids is 2. The fourth-order valence-corrected chi connectivity index (χ4v) is 2.94. The van der Waals surface area contributed by atoms with Crippen LogP contribution in [0.4, 0.5) is 0 Å². The summed E-state index contributed by atoms with van der Waals surface area (Å²) in [5.41, 5.74) is 1.20. The number of benzene rings is 2. The molecule has 2 aromatic rings. The highest BCUT2D eigenvalue weighted by molar-refractivity contribution is 6.14. The van der Waals surface area contributed by atoms with E-state index in [2.05, 4.69) is 0 Å². The van der Waals surface area contributed by atoms with Crippen molar-refractivity contribution in [3.8, 4) is 23.0 Å². The smallest absolute Gasteiger partial charge is 0.314 e. The number of carbonyl (C=O) groups is 2. The first-order valence-electron chi connectivity index (χ1n) is 9.20. The summed E-state index contributed by atoms with van der Waals surface area (Å²) in [6, 6.07) is 10.3. The molecule has 1 aliphatic carbocycles. The Morgan fingerprint density at radius 1 is 1.18 bits per heavy atom. The Morgan fingerprint density at radius 3 is 2.71 bits per heavy atom. The van der Waals surface area contributed by atoms with Gasteiger partial charge in [0.05, 0.1) is 25.2 Å². The number of allylic oxidation sites excluding steroid dienone is 1. The van der Waals surface area contributed by atoms with E-state index in [4.69, 9.17) is 18.9 Å². The van der Waals surface area contributed by atoms with Crippen LogP contribution in [0.2, 0.25) is 0 Å². The Balaban J connectivity index is 1.56. The van der Waals surface area contributed by atoms with Crippen molar-refractivity contribution in [2.75, 3.05) is 13.7 Å². The first-order valence-corrected chi connectivity index (χ1v) is 9.20. The lowest BCUT2D eigenvalue weighted by Gasteiger charge is -2.10. The largest absolute Gasteiger partial charge is 0.494 e. The maximum atomic E-state index is 12.6. The van der Waals surface area contributed by atoms with E-state index in [1.807, 2.05) is 6.92 Å². The predicted octanol–water partition coefficient (Wildman–Crippen LogP) is 4.03. The van der Waals surface area contributed by atoms with E-state index in [0.29, 0.717) is 40.7 Å². The van der Waals surface area contributed by atoms with E-state index in [9.17, 15) is 9.59 Å². The second kappa shape index (κ2) is 7.38. The Bertz CT molecular complexity index is 971. The number of rotatable bonds is 6. The number of ketones is 1. The van der Waals surface area contributed by atoms with Crippen LogP contribution in [0.3, 0.4) is 0 Å². The summed E-state index contributed by atoms with van der Waals surface area (Å²) >= 11 is 0. The molecular formula is C22H20O6. The van der Waals surface area contributed by atoms with E-state index < -0.39 is 0 Å². The first-order chi connectivity index (χ1) is 13.6. The molecule has 2 aromatic carbocycles. The van der Waals surface area contributed by atoms with Gasteiger partial charge in [-0.25, -0.2) is 0 Å². The van der Waals surface area contributed by atoms with E-state index >= 15 is 0 Å². The number of methoxy groups -OCH3 is 1. The highest BCUT2D eigenvalue weighted by Gasteiger charge is 2.32. The summed E-state index contributed by atoms with van der Waals surface area (Å²) in [5, 5.41) is 0. The van der Waals surface area contributed by atoms with Crippen LogP contribution in [0, 0.1) is 5.92 Å². The maximum Gasteiger partial charge on any atom is 0.314 e. The lowest BCUT2D eigenvalue weighted by atomic mass is 10.1. The molecule has 0 radical (unpaired) electrons. The third-order valence-corrected chi connectivity index (χ3v) is 4.56. The standard InChI is InChI=1S/C22H20O6/c1-3-26-15-7-8-16-18(12-15)27-20(21(16)23)11-13-4-9-17(19(10-13)25-2)28-22(24)14-5-6-14/h4,7-12,14H,3,5-6H2,1-2H3/b20-11-. The van der Waals surface area contributed by atoms with Crippen LogP contribution in [-0.2, 0) is 4.79 Å². The predicted molar refractivity (Wildman–Crippen MR) is 102 cm³/mol. The zero-order valence-electron chi connectivity index (χ0n) is 15.7. The van der Waals surface area contributed by atoms with Gasteiger partial charge in [-0.3, -0.25) is 9.59 Å². The van der Waals surface area contributed by atoms with Gasteiger partial charge in [-0.2, -0.15) is 0 Å². The number of hydrogen-bond acceptors (Lipinski definition) is 6. The SMILES string of the molecule is CCOc1ccc2c(c1)O/C(=C\c1ccc(OC(=O)C3CC3)c(OC)c1)C2=O. The van der Waals surface area contributed by atoms with Crippen molar-refractivity contribution in [1.29, 1.82) is 0 Å². The van der Waals surface area contributed by atoms with E-state index in [1.54, 1.807) is 42.5 Å². The average Bonchev–Trinajstić information content (AvgIpc) is 3.50. The zero-order chi connectivity index (χ0) is 19.7. The summed E-state index contributed by atoms with van der Waals surface area (Å²) in [4.78, 5) is 24.5. The average molecular weight is 380 g/mol. The van der Waals surface area contributed by atoms with Gasteiger partial charge in [-0.1, -0.05) is 6.07 Å². The molecule has 0 N–H and O–H groups in total. The monoisotopic (exact) mass is 380 g/mol. The van der Waals surface area contributed by atoms with Gasteiger partial charge in [0.1, 0.15) is 11.5 Å². The normalized spacial score (nSPS) is 16.5. The summed E-state index contributed by atoms with van der Waals surface area (Å²) in [7, 11) is 1.50.